The Hall–Kier alpha value is -1.68. The monoisotopic (exact) mass is 457 g/mol. The van der Waals surface area contributed by atoms with Crippen LogP contribution in [-0.4, -0.2) is 62.8 Å². The number of carbonyl (C=O) groups is 1. The third-order valence-electron chi connectivity index (χ3n) is 5.32. The quantitative estimate of drug-likeness (QED) is 0.708. The van der Waals surface area contributed by atoms with E-state index in [0.717, 1.165) is 29.7 Å². The largest absolute Gasteiger partial charge is 0.360 e. The molecule has 2 aromatic rings. The van der Waals surface area contributed by atoms with E-state index >= 15 is 0 Å². The summed E-state index contributed by atoms with van der Waals surface area (Å²) in [5.41, 5.74) is 1.44. The molecule has 3 heterocycles. The highest BCUT2D eigenvalue weighted by molar-refractivity contribution is 7.91. The Balaban J connectivity index is 1.39. The highest BCUT2D eigenvalue weighted by Crippen LogP contribution is 2.30. The number of anilines is 1. The van der Waals surface area contributed by atoms with Gasteiger partial charge in [0.2, 0.25) is 5.91 Å². The van der Waals surface area contributed by atoms with Gasteiger partial charge in [-0.3, -0.25) is 4.79 Å². The number of halogens is 2. The Kier molecular flexibility index (Phi) is 5.83. The molecule has 10 heteroatoms. The predicted molar refractivity (Wildman–Crippen MR) is 112 cm³/mol. The number of piperazine rings is 1. The Morgan fingerprint density at radius 2 is 1.86 bits per heavy atom. The maximum Gasteiger partial charge on any atom is 0.252 e. The van der Waals surface area contributed by atoms with Gasteiger partial charge in [-0.25, -0.2) is 12.8 Å². The van der Waals surface area contributed by atoms with E-state index in [1.165, 1.54) is 16.4 Å². The molecule has 1 aromatic heterocycles. The van der Waals surface area contributed by atoms with Crippen LogP contribution in [0.4, 0.5) is 10.1 Å². The molecule has 1 amide bonds. The molecular formula is C19H21ClFN3O3S2. The van der Waals surface area contributed by atoms with E-state index in [1.807, 2.05) is 6.07 Å². The summed E-state index contributed by atoms with van der Waals surface area (Å²) < 4.78 is 41.7. The third-order valence-corrected chi connectivity index (χ3v) is 8.92. The molecule has 0 N–H and O–H groups in total. The number of carbonyl (C=O) groups excluding carboxylic acids is 1. The fraction of sp³-hybridized carbons (Fsp3) is 0.421. The third kappa shape index (κ3) is 4.14. The molecule has 6 nitrogen and oxygen atoms in total. The summed E-state index contributed by atoms with van der Waals surface area (Å²) in [6, 6.07) is 8.08. The predicted octanol–water partition coefficient (Wildman–Crippen LogP) is 2.83. The highest BCUT2D eigenvalue weighted by atomic mass is 35.5. The number of thiophene rings is 1. The first-order valence-electron chi connectivity index (χ1n) is 9.42. The van der Waals surface area contributed by atoms with Crippen molar-refractivity contribution in [3.63, 3.8) is 0 Å². The van der Waals surface area contributed by atoms with Gasteiger partial charge in [-0.15, -0.1) is 11.3 Å². The van der Waals surface area contributed by atoms with Gasteiger partial charge in [-0.05, 0) is 36.6 Å². The zero-order valence-corrected chi connectivity index (χ0v) is 18.1. The molecule has 2 aliphatic heterocycles. The summed E-state index contributed by atoms with van der Waals surface area (Å²) in [7, 11) is -3.59. The number of para-hydroxylation sites is 1. The topological polar surface area (TPSA) is 60.9 Å². The summed E-state index contributed by atoms with van der Waals surface area (Å²) >= 11 is 6.89. The minimum Gasteiger partial charge on any atom is -0.360 e. The molecule has 1 saturated heterocycles. The molecule has 1 fully saturated rings. The van der Waals surface area contributed by atoms with Crippen LogP contribution in [0.15, 0.2) is 34.5 Å². The molecule has 0 unspecified atom stereocenters. The van der Waals surface area contributed by atoms with Crippen LogP contribution in [0.1, 0.15) is 12.0 Å². The summed E-state index contributed by atoms with van der Waals surface area (Å²) in [6.45, 7) is 1.82. The van der Waals surface area contributed by atoms with Crippen LogP contribution >= 0.6 is 22.9 Å². The Morgan fingerprint density at radius 3 is 2.55 bits per heavy atom. The summed E-state index contributed by atoms with van der Waals surface area (Å²) in [5, 5.41) is 0. The maximum absolute atomic E-state index is 14.3. The van der Waals surface area contributed by atoms with Crippen molar-refractivity contribution < 1.29 is 17.6 Å². The Bertz CT molecular complexity index is 1020. The van der Waals surface area contributed by atoms with Gasteiger partial charge in [0.05, 0.1) is 16.6 Å². The molecule has 0 radical (unpaired) electrons. The molecule has 0 saturated carbocycles. The molecule has 0 aliphatic carbocycles. The highest BCUT2D eigenvalue weighted by Gasteiger charge is 2.32. The van der Waals surface area contributed by atoms with Gasteiger partial charge in [-0.2, -0.15) is 4.31 Å². The number of sulfonamides is 1. The van der Waals surface area contributed by atoms with Gasteiger partial charge < -0.3 is 9.80 Å². The molecule has 1 aromatic carbocycles. The fourth-order valence-electron chi connectivity index (χ4n) is 3.85. The van der Waals surface area contributed by atoms with Crippen molar-refractivity contribution in [2.45, 2.75) is 17.1 Å². The first kappa shape index (κ1) is 20.6. The molecule has 0 spiro atoms. The van der Waals surface area contributed by atoms with Crippen molar-refractivity contribution in [3.05, 3.63) is 46.0 Å². The first-order valence-corrected chi connectivity index (χ1v) is 12.1. The van der Waals surface area contributed by atoms with Crippen LogP contribution in [0, 0.1) is 5.82 Å². The van der Waals surface area contributed by atoms with Crippen LogP contribution in [0.3, 0.4) is 0 Å². The van der Waals surface area contributed by atoms with Crippen LogP contribution in [0.5, 0.6) is 0 Å². The van der Waals surface area contributed by atoms with Crippen molar-refractivity contribution in [2.75, 3.05) is 44.2 Å². The van der Waals surface area contributed by atoms with E-state index in [9.17, 15) is 17.6 Å². The molecule has 4 rings (SSSR count). The summed E-state index contributed by atoms with van der Waals surface area (Å²) in [6.07, 6.45) is 1.68. The van der Waals surface area contributed by atoms with Gasteiger partial charge >= 0.3 is 0 Å². The lowest BCUT2D eigenvalue weighted by molar-refractivity contribution is -0.130. The van der Waals surface area contributed by atoms with Crippen molar-refractivity contribution in [1.82, 2.24) is 9.21 Å². The number of hydrogen-bond donors (Lipinski definition) is 0. The molecule has 0 bridgehead atoms. The number of hydrogen-bond acceptors (Lipinski definition) is 5. The molecule has 2 aliphatic rings. The number of amides is 1. The Labute approximate surface area is 178 Å². The van der Waals surface area contributed by atoms with Crippen molar-refractivity contribution in [3.8, 4) is 0 Å². The lowest BCUT2D eigenvalue weighted by Gasteiger charge is -2.36. The minimum absolute atomic E-state index is 0.0984. The average Bonchev–Trinajstić information content (AvgIpc) is 3.15. The molecule has 156 valence electrons. The molecule has 29 heavy (non-hydrogen) atoms. The lowest BCUT2D eigenvalue weighted by Crippen LogP contribution is -2.52. The van der Waals surface area contributed by atoms with E-state index < -0.39 is 10.0 Å². The standard InChI is InChI=1S/C19H21ClFN3O3S2/c20-16-6-7-18(28-16)29(26,27)24-11-9-22(10-12-24)17(25)13-23-8-2-4-14-3-1-5-15(21)19(14)23/h1,3,5-7H,2,4,8-13H2. The second-order valence-electron chi connectivity index (χ2n) is 7.12. The fourth-order valence-corrected chi connectivity index (χ4v) is 6.91. The van der Waals surface area contributed by atoms with E-state index in [1.54, 1.807) is 21.9 Å². The summed E-state index contributed by atoms with van der Waals surface area (Å²) in [5.74, 6) is -0.419. The average molecular weight is 458 g/mol. The van der Waals surface area contributed by atoms with Crippen LogP contribution in [-0.2, 0) is 21.2 Å². The van der Waals surface area contributed by atoms with Gasteiger partial charge in [-0.1, -0.05) is 23.7 Å². The number of rotatable bonds is 4. The second-order valence-corrected chi connectivity index (χ2v) is 11.0. The lowest BCUT2D eigenvalue weighted by atomic mass is 10.0. The molecular weight excluding hydrogens is 437 g/mol. The summed E-state index contributed by atoms with van der Waals surface area (Å²) in [4.78, 5) is 16.2. The second kappa shape index (κ2) is 8.22. The van der Waals surface area contributed by atoms with Gasteiger partial charge in [0, 0.05) is 32.7 Å². The van der Waals surface area contributed by atoms with Crippen molar-refractivity contribution in [2.24, 2.45) is 0 Å². The maximum atomic E-state index is 14.3. The minimum atomic E-state index is -3.59. The number of benzene rings is 1. The zero-order valence-electron chi connectivity index (χ0n) is 15.7. The van der Waals surface area contributed by atoms with Crippen LogP contribution < -0.4 is 4.90 Å². The first-order chi connectivity index (χ1) is 13.9. The van der Waals surface area contributed by atoms with Crippen LogP contribution in [0.2, 0.25) is 4.34 Å². The SMILES string of the molecule is O=C(CN1CCCc2cccc(F)c21)N1CCN(S(=O)(=O)c2ccc(Cl)s2)CC1. The Morgan fingerprint density at radius 1 is 1.10 bits per heavy atom. The van der Waals surface area contributed by atoms with Gasteiger partial charge in [0.1, 0.15) is 10.0 Å². The number of nitrogens with zero attached hydrogens (tertiary/aromatic N) is 3. The van der Waals surface area contributed by atoms with E-state index in [4.69, 9.17) is 11.6 Å². The van der Waals surface area contributed by atoms with Gasteiger partial charge in [0.25, 0.3) is 10.0 Å². The van der Waals surface area contributed by atoms with Crippen LogP contribution in [0.25, 0.3) is 0 Å². The van der Waals surface area contributed by atoms with Crippen molar-refractivity contribution >= 4 is 44.6 Å². The molecule has 0 atom stereocenters. The van der Waals surface area contributed by atoms with Gasteiger partial charge in [0.15, 0.2) is 0 Å². The van der Waals surface area contributed by atoms with E-state index in [0.29, 0.717) is 29.7 Å². The van der Waals surface area contributed by atoms with Crippen molar-refractivity contribution in [1.29, 1.82) is 0 Å². The zero-order chi connectivity index (χ0) is 20.6. The van der Waals surface area contributed by atoms with E-state index in [2.05, 4.69) is 0 Å². The smallest absolute Gasteiger partial charge is 0.252 e. The number of aryl methyl sites for hydroxylation is 1. The van der Waals surface area contributed by atoms with E-state index in [-0.39, 0.29) is 35.6 Å². The normalized spacial score (nSPS) is 18.0. The number of fused-ring (bicyclic) bond motifs is 1.